The molecule has 2 nitrogen and oxygen atoms in total. The van der Waals surface area contributed by atoms with Crippen LogP contribution >= 0.6 is 0 Å². The Bertz CT molecular complexity index is 183. The summed E-state index contributed by atoms with van der Waals surface area (Å²) >= 11 is 0. The lowest BCUT2D eigenvalue weighted by Gasteiger charge is -2.25. The maximum atomic E-state index is 13.2. The molecule has 14 heavy (non-hydrogen) atoms. The Morgan fingerprint density at radius 1 is 1.50 bits per heavy atom. The zero-order valence-electron chi connectivity index (χ0n) is 9.19. The first kappa shape index (κ1) is 11.9. The molecule has 0 aromatic heterocycles. The molecule has 4 heteroatoms. The van der Waals surface area contributed by atoms with Crippen molar-refractivity contribution in [3.05, 3.63) is 0 Å². The van der Waals surface area contributed by atoms with E-state index in [4.69, 9.17) is 0 Å². The Morgan fingerprint density at radius 3 is 2.57 bits per heavy atom. The molecule has 0 bridgehead atoms. The molecule has 1 atom stereocenters. The number of hydrogen-bond donors (Lipinski definition) is 1. The highest BCUT2D eigenvalue weighted by molar-refractivity contribution is 4.90. The highest BCUT2D eigenvalue weighted by atomic mass is 19.3. The molecule has 0 aromatic rings. The molecule has 1 unspecified atom stereocenters. The molecule has 0 aromatic carbocycles. The smallest absolute Gasteiger partial charge is 0.264 e. The fraction of sp³-hybridized carbons (Fsp3) is 1.00. The van der Waals surface area contributed by atoms with Gasteiger partial charge in [0, 0.05) is 19.0 Å². The molecule has 0 amide bonds. The summed E-state index contributed by atoms with van der Waals surface area (Å²) in [4.78, 5) is 2.09. The first-order valence-corrected chi connectivity index (χ1v) is 5.25. The van der Waals surface area contributed by atoms with Gasteiger partial charge >= 0.3 is 0 Å². The summed E-state index contributed by atoms with van der Waals surface area (Å²) < 4.78 is 26.4. The summed E-state index contributed by atoms with van der Waals surface area (Å²) in [5.74, 6) is -2.50. The van der Waals surface area contributed by atoms with Crippen LogP contribution in [0.2, 0.25) is 0 Å². The second kappa shape index (κ2) is 4.53. The van der Waals surface area contributed by atoms with E-state index in [1.54, 1.807) is 0 Å². The Hall–Kier alpha value is -0.220. The SMILES string of the molecule is CC(C)N(C)CCC1NCCC1(F)F. The van der Waals surface area contributed by atoms with E-state index in [1.807, 2.05) is 7.05 Å². The summed E-state index contributed by atoms with van der Waals surface area (Å²) in [6.07, 6.45) is 0.519. The van der Waals surface area contributed by atoms with Crippen molar-refractivity contribution in [1.82, 2.24) is 10.2 Å². The number of hydrogen-bond acceptors (Lipinski definition) is 2. The molecule has 1 N–H and O–H groups in total. The van der Waals surface area contributed by atoms with E-state index in [2.05, 4.69) is 24.1 Å². The van der Waals surface area contributed by atoms with Crippen LogP contribution < -0.4 is 5.32 Å². The van der Waals surface area contributed by atoms with Crippen molar-refractivity contribution in [3.8, 4) is 0 Å². The van der Waals surface area contributed by atoms with Gasteiger partial charge in [0.15, 0.2) is 0 Å². The van der Waals surface area contributed by atoms with Gasteiger partial charge in [-0.3, -0.25) is 0 Å². The molecule has 0 saturated carbocycles. The van der Waals surface area contributed by atoms with Gasteiger partial charge in [-0.25, -0.2) is 8.78 Å². The van der Waals surface area contributed by atoms with Crippen LogP contribution in [0.15, 0.2) is 0 Å². The minimum atomic E-state index is -2.50. The van der Waals surface area contributed by atoms with Gasteiger partial charge in [-0.05, 0) is 33.9 Å². The van der Waals surface area contributed by atoms with E-state index in [0.717, 1.165) is 6.54 Å². The molecular weight excluding hydrogens is 186 g/mol. The Labute approximate surface area is 84.7 Å². The van der Waals surface area contributed by atoms with Crippen LogP contribution in [0.1, 0.15) is 26.7 Å². The number of alkyl halides is 2. The van der Waals surface area contributed by atoms with Gasteiger partial charge in [-0.1, -0.05) is 0 Å². The zero-order valence-corrected chi connectivity index (χ0v) is 9.19. The second-order valence-electron chi connectivity index (χ2n) is 4.38. The monoisotopic (exact) mass is 206 g/mol. The average Bonchev–Trinajstić information content (AvgIpc) is 2.40. The predicted molar refractivity (Wildman–Crippen MR) is 53.7 cm³/mol. The largest absolute Gasteiger partial charge is 0.308 e. The number of nitrogens with zero attached hydrogens (tertiary/aromatic N) is 1. The van der Waals surface area contributed by atoms with Crippen molar-refractivity contribution < 1.29 is 8.78 Å². The topological polar surface area (TPSA) is 15.3 Å². The molecular formula is C10H20F2N2. The zero-order chi connectivity index (χ0) is 10.8. The molecule has 1 aliphatic heterocycles. The average molecular weight is 206 g/mol. The fourth-order valence-electron chi connectivity index (χ4n) is 1.64. The van der Waals surface area contributed by atoms with Crippen molar-refractivity contribution in [2.45, 2.75) is 44.7 Å². The third-order valence-electron chi connectivity index (χ3n) is 3.01. The van der Waals surface area contributed by atoms with E-state index in [-0.39, 0.29) is 6.42 Å². The summed E-state index contributed by atoms with van der Waals surface area (Å²) in [5.41, 5.74) is 0. The highest BCUT2D eigenvalue weighted by Crippen LogP contribution is 2.29. The lowest BCUT2D eigenvalue weighted by atomic mass is 10.1. The van der Waals surface area contributed by atoms with Gasteiger partial charge in [-0.15, -0.1) is 0 Å². The molecule has 1 fully saturated rings. The van der Waals surface area contributed by atoms with Crippen LogP contribution in [-0.4, -0.2) is 43.0 Å². The van der Waals surface area contributed by atoms with E-state index in [9.17, 15) is 8.78 Å². The number of nitrogens with one attached hydrogen (secondary N) is 1. The molecule has 1 heterocycles. The normalized spacial score (nSPS) is 26.4. The van der Waals surface area contributed by atoms with Crippen molar-refractivity contribution in [3.63, 3.8) is 0 Å². The fourth-order valence-corrected chi connectivity index (χ4v) is 1.64. The van der Waals surface area contributed by atoms with Gasteiger partial charge in [0.1, 0.15) is 0 Å². The molecule has 0 spiro atoms. The van der Waals surface area contributed by atoms with Crippen molar-refractivity contribution in [2.75, 3.05) is 20.1 Å². The van der Waals surface area contributed by atoms with Crippen LogP contribution in [0.4, 0.5) is 8.78 Å². The number of halogens is 2. The third-order valence-corrected chi connectivity index (χ3v) is 3.01. The quantitative estimate of drug-likeness (QED) is 0.753. The highest BCUT2D eigenvalue weighted by Gasteiger charge is 2.43. The van der Waals surface area contributed by atoms with Crippen molar-refractivity contribution in [1.29, 1.82) is 0 Å². The third kappa shape index (κ3) is 2.89. The maximum absolute atomic E-state index is 13.2. The van der Waals surface area contributed by atoms with E-state index >= 15 is 0 Å². The minimum Gasteiger partial charge on any atom is -0.308 e. The van der Waals surface area contributed by atoms with Crippen molar-refractivity contribution >= 4 is 0 Å². The van der Waals surface area contributed by atoms with E-state index < -0.39 is 12.0 Å². The Morgan fingerprint density at radius 2 is 2.14 bits per heavy atom. The predicted octanol–water partition coefficient (Wildman–Crippen LogP) is 1.71. The van der Waals surface area contributed by atoms with Crippen molar-refractivity contribution in [2.24, 2.45) is 0 Å². The summed E-state index contributed by atoms with van der Waals surface area (Å²) in [6.45, 7) is 5.31. The summed E-state index contributed by atoms with van der Waals surface area (Å²) in [5, 5.41) is 2.86. The standard InChI is InChI=1S/C10H20F2N2/c1-8(2)14(3)7-4-9-10(11,12)5-6-13-9/h8-9,13H,4-7H2,1-3H3. The van der Waals surface area contributed by atoms with Crippen LogP contribution in [-0.2, 0) is 0 Å². The first-order valence-electron chi connectivity index (χ1n) is 5.25. The lowest BCUT2D eigenvalue weighted by Crippen LogP contribution is -2.39. The maximum Gasteiger partial charge on any atom is 0.264 e. The molecule has 1 rings (SSSR count). The van der Waals surface area contributed by atoms with Crippen LogP contribution in [0.5, 0.6) is 0 Å². The van der Waals surface area contributed by atoms with Gasteiger partial charge in [0.25, 0.3) is 5.92 Å². The van der Waals surface area contributed by atoms with Crippen LogP contribution in [0.3, 0.4) is 0 Å². The van der Waals surface area contributed by atoms with Gasteiger partial charge in [-0.2, -0.15) is 0 Å². The number of rotatable bonds is 4. The summed E-state index contributed by atoms with van der Waals surface area (Å²) in [7, 11) is 1.97. The van der Waals surface area contributed by atoms with Gasteiger partial charge in [0.2, 0.25) is 0 Å². The van der Waals surface area contributed by atoms with Crippen LogP contribution in [0, 0.1) is 0 Å². The lowest BCUT2D eigenvalue weighted by molar-refractivity contribution is -0.0155. The first-order chi connectivity index (χ1) is 6.43. The Kier molecular flexibility index (Phi) is 3.84. The summed E-state index contributed by atoms with van der Waals surface area (Å²) in [6, 6.07) is -0.200. The minimum absolute atomic E-state index is 0.0109. The molecule has 84 valence electrons. The molecule has 0 aliphatic carbocycles. The second-order valence-corrected chi connectivity index (χ2v) is 4.38. The molecule has 1 aliphatic rings. The van der Waals surface area contributed by atoms with E-state index in [1.165, 1.54) is 0 Å². The van der Waals surface area contributed by atoms with Gasteiger partial charge < -0.3 is 10.2 Å². The van der Waals surface area contributed by atoms with E-state index in [0.29, 0.717) is 19.0 Å². The van der Waals surface area contributed by atoms with Gasteiger partial charge in [0.05, 0.1) is 6.04 Å². The molecule has 1 saturated heterocycles. The molecule has 0 radical (unpaired) electrons. The van der Waals surface area contributed by atoms with Crippen LogP contribution in [0.25, 0.3) is 0 Å². The Balaban J connectivity index is 2.31.